The van der Waals surface area contributed by atoms with Gasteiger partial charge >= 0.3 is 0 Å². The molecule has 0 bridgehead atoms. The van der Waals surface area contributed by atoms with Crippen LogP contribution in [0.5, 0.6) is 0 Å². The molecule has 4 atom stereocenters. The van der Waals surface area contributed by atoms with Gasteiger partial charge in [0.1, 0.15) is 11.9 Å². The lowest BCUT2D eigenvalue weighted by Crippen LogP contribution is -2.57. The summed E-state index contributed by atoms with van der Waals surface area (Å²) in [5.41, 5.74) is 3.22. The number of hydrogen-bond donors (Lipinski definition) is 2. The first-order valence-electron chi connectivity index (χ1n) is 13.4. The Morgan fingerprint density at radius 1 is 0.923 bits per heavy atom. The van der Waals surface area contributed by atoms with E-state index in [9.17, 15) is 19.1 Å². The molecule has 0 aromatic heterocycles. The number of carbonyl (C=O) groups excluding carboxylic acids is 2. The monoisotopic (exact) mass is 532 g/mol. The number of ether oxygens (including phenoxy) is 2. The number of rotatable bonds is 6. The molecule has 0 spiro atoms. The molecule has 2 heterocycles. The van der Waals surface area contributed by atoms with Crippen molar-refractivity contribution in [3.8, 4) is 11.1 Å². The Bertz CT molecular complexity index is 1270. The molecular weight excluding hydrogens is 499 g/mol. The predicted molar refractivity (Wildman–Crippen MR) is 144 cm³/mol. The summed E-state index contributed by atoms with van der Waals surface area (Å²) in [6.07, 6.45) is -0.394. The number of halogens is 1. The maximum atomic E-state index is 14.4. The van der Waals surface area contributed by atoms with Crippen LogP contribution in [0.2, 0.25) is 0 Å². The van der Waals surface area contributed by atoms with E-state index in [4.69, 9.17) is 9.47 Å². The van der Waals surface area contributed by atoms with Crippen LogP contribution in [-0.2, 0) is 20.8 Å². The standard InChI is InChI=1S/C31H33FN2O5/c32-27-9-5-4-8-26(27)31(37)34-18-24(35)19-38-20-29-28(34)15-14-25(39-29)16-30(36)33-17-21-10-12-23(13-11-21)22-6-2-1-3-7-22/h1-13,24-25,28-29,35H,14-20H2,(H,33,36)/t24-,25+,28-,29+/m1/s1. The van der Waals surface area contributed by atoms with Crippen molar-refractivity contribution >= 4 is 11.8 Å². The molecule has 204 valence electrons. The van der Waals surface area contributed by atoms with Gasteiger partial charge in [-0.3, -0.25) is 9.59 Å². The van der Waals surface area contributed by atoms with Crippen molar-refractivity contribution in [3.05, 3.63) is 95.8 Å². The van der Waals surface area contributed by atoms with Gasteiger partial charge in [0.25, 0.3) is 5.91 Å². The van der Waals surface area contributed by atoms with Gasteiger partial charge < -0.3 is 24.8 Å². The zero-order chi connectivity index (χ0) is 27.2. The topological polar surface area (TPSA) is 88.1 Å². The highest BCUT2D eigenvalue weighted by atomic mass is 19.1. The SMILES string of the molecule is O=C(C[C@@H]1CC[C@@H]2[C@H](COC[C@H](O)CN2C(=O)c2ccccc2F)O1)NCc1ccc(-c2ccccc2)cc1. The molecule has 7 nitrogen and oxygen atoms in total. The second kappa shape index (κ2) is 12.5. The van der Waals surface area contributed by atoms with Crippen molar-refractivity contribution < 1.29 is 28.6 Å². The van der Waals surface area contributed by atoms with E-state index < -0.39 is 30.0 Å². The molecule has 2 aliphatic heterocycles. The average molecular weight is 533 g/mol. The summed E-state index contributed by atoms with van der Waals surface area (Å²) < 4.78 is 26.3. The van der Waals surface area contributed by atoms with Gasteiger partial charge in [-0.2, -0.15) is 0 Å². The van der Waals surface area contributed by atoms with Crippen LogP contribution in [0.15, 0.2) is 78.9 Å². The van der Waals surface area contributed by atoms with Gasteiger partial charge in [0.2, 0.25) is 5.91 Å². The Balaban J connectivity index is 1.17. The fourth-order valence-corrected chi connectivity index (χ4v) is 5.29. The molecular formula is C31H33FN2O5. The minimum Gasteiger partial charge on any atom is -0.389 e. The van der Waals surface area contributed by atoms with Crippen molar-refractivity contribution in [1.29, 1.82) is 0 Å². The smallest absolute Gasteiger partial charge is 0.257 e. The summed E-state index contributed by atoms with van der Waals surface area (Å²) >= 11 is 0. The summed E-state index contributed by atoms with van der Waals surface area (Å²) in [5, 5.41) is 13.3. The lowest BCUT2D eigenvalue weighted by Gasteiger charge is -2.44. The first kappa shape index (κ1) is 27.0. The third kappa shape index (κ3) is 6.71. The second-order valence-corrected chi connectivity index (χ2v) is 10.1. The van der Waals surface area contributed by atoms with Gasteiger partial charge in [-0.25, -0.2) is 4.39 Å². The highest BCUT2D eigenvalue weighted by Gasteiger charge is 2.40. The first-order valence-corrected chi connectivity index (χ1v) is 13.4. The Labute approximate surface area is 227 Å². The predicted octanol–water partition coefficient (Wildman–Crippen LogP) is 3.95. The van der Waals surface area contributed by atoms with Crippen molar-refractivity contribution in [1.82, 2.24) is 10.2 Å². The molecule has 2 fully saturated rings. The number of nitrogens with zero attached hydrogens (tertiary/aromatic N) is 1. The Morgan fingerprint density at radius 3 is 2.41 bits per heavy atom. The molecule has 3 aromatic rings. The van der Waals surface area contributed by atoms with Crippen molar-refractivity contribution in [2.45, 2.75) is 50.2 Å². The number of aliphatic hydroxyl groups excluding tert-OH is 1. The molecule has 2 saturated heterocycles. The van der Waals surface area contributed by atoms with Gasteiger partial charge in [-0.1, -0.05) is 66.7 Å². The number of aliphatic hydroxyl groups is 1. The molecule has 0 saturated carbocycles. The number of carbonyl (C=O) groups is 2. The van der Waals surface area contributed by atoms with Crippen LogP contribution in [0, 0.1) is 5.82 Å². The summed E-state index contributed by atoms with van der Waals surface area (Å²) in [4.78, 5) is 27.5. The highest BCUT2D eigenvalue weighted by molar-refractivity contribution is 5.94. The van der Waals surface area contributed by atoms with E-state index in [1.807, 2.05) is 42.5 Å². The summed E-state index contributed by atoms with van der Waals surface area (Å²) in [5.74, 6) is -1.21. The normalized spacial score (nSPS) is 23.3. The van der Waals surface area contributed by atoms with Crippen LogP contribution in [-0.4, -0.2) is 65.9 Å². The van der Waals surface area contributed by atoms with Crippen molar-refractivity contribution in [2.24, 2.45) is 0 Å². The van der Waals surface area contributed by atoms with Crippen molar-refractivity contribution in [3.63, 3.8) is 0 Å². The Morgan fingerprint density at radius 2 is 1.64 bits per heavy atom. The zero-order valence-electron chi connectivity index (χ0n) is 21.7. The van der Waals surface area contributed by atoms with E-state index in [2.05, 4.69) is 17.4 Å². The quantitative estimate of drug-likeness (QED) is 0.502. The molecule has 8 heteroatoms. The third-order valence-corrected chi connectivity index (χ3v) is 7.31. The van der Waals surface area contributed by atoms with E-state index in [0.717, 1.165) is 16.7 Å². The Kier molecular flexibility index (Phi) is 8.66. The van der Waals surface area contributed by atoms with Crippen LogP contribution >= 0.6 is 0 Å². The molecule has 0 unspecified atom stereocenters. The highest BCUT2D eigenvalue weighted by Crippen LogP contribution is 2.29. The number of hydrogen-bond acceptors (Lipinski definition) is 5. The van der Waals surface area contributed by atoms with E-state index >= 15 is 0 Å². The molecule has 2 amide bonds. The number of amides is 2. The van der Waals surface area contributed by atoms with E-state index in [1.165, 1.54) is 23.1 Å². The van der Waals surface area contributed by atoms with Crippen LogP contribution in [0.25, 0.3) is 11.1 Å². The maximum absolute atomic E-state index is 14.4. The van der Waals surface area contributed by atoms with Gasteiger partial charge in [0.05, 0.1) is 43.4 Å². The molecule has 39 heavy (non-hydrogen) atoms. The Hall–Kier alpha value is -3.59. The summed E-state index contributed by atoms with van der Waals surface area (Å²) in [7, 11) is 0. The maximum Gasteiger partial charge on any atom is 0.257 e. The molecule has 0 radical (unpaired) electrons. The minimum absolute atomic E-state index is 0.0198. The van der Waals surface area contributed by atoms with Crippen LogP contribution in [0.3, 0.4) is 0 Å². The van der Waals surface area contributed by atoms with Crippen LogP contribution in [0.1, 0.15) is 35.2 Å². The molecule has 2 aliphatic rings. The minimum atomic E-state index is -0.882. The molecule has 5 rings (SSSR count). The van der Waals surface area contributed by atoms with Gasteiger partial charge in [0, 0.05) is 13.1 Å². The number of β-amino-alcohol motifs (C(OH)–C–C–N with tert-alkyl or cyclic N) is 1. The summed E-state index contributed by atoms with van der Waals surface area (Å²) in [6, 6.07) is 23.7. The van der Waals surface area contributed by atoms with Crippen LogP contribution < -0.4 is 5.32 Å². The van der Waals surface area contributed by atoms with Gasteiger partial charge in [0.15, 0.2) is 0 Å². The average Bonchev–Trinajstić information content (AvgIpc) is 2.95. The number of nitrogens with one attached hydrogen (secondary N) is 1. The number of fused-ring (bicyclic) bond motifs is 1. The fraction of sp³-hybridized carbons (Fsp3) is 0.355. The largest absolute Gasteiger partial charge is 0.389 e. The first-order chi connectivity index (χ1) is 19.0. The second-order valence-electron chi connectivity index (χ2n) is 10.1. The van der Waals surface area contributed by atoms with E-state index in [1.54, 1.807) is 6.07 Å². The molecule has 2 N–H and O–H groups in total. The van der Waals surface area contributed by atoms with Gasteiger partial charge in [-0.15, -0.1) is 0 Å². The summed E-state index contributed by atoms with van der Waals surface area (Å²) in [6.45, 7) is 0.654. The fourth-order valence-electron chi connectivity index (χ4n) is 5.29. The zero-order valence-corrected chi connectivity index (χ0v) is 21.7. The van der Waals surface area contributed by atoms with Gasteiger partial charge in [-0.05, 0) is 41.7 Å². The molecule has 3 aromatic carbocycles. The lowest BCUT2D eigenvalue weighted by molar-refractivity contribution is -0.151. The van der Waals surface area contributed by atoms with E-state index in [-0.39, 0.29) is 43.8 Å². The van der Waals surface area contributed by atoms with E-state index in [0.29, 0.717) is 19.4 Å². The number of benzene rings is 3. The van der Waals surface area contributed by atoms with Crippen LogP contribution in [0.4, 0.5) is 4.39 Å². The third-order valence-electron chi connectivity index (χ3n) is 7.31. The lowest BCUT2D eigenvalue weighted by atomic mass is 9.94. The van der Waals surface area contributed by atoms with Crippen molar-refractivity contribution in [2.75, 3.05) is 19.8 Å². The molecule has 0 aliphatic carbocycles.